The minimum absolute atomic E-state index is 0.0512. The van der Waals surface area contributed by atoms with Gasteiger partial charge in [-0.2, -0.15) is 13.2 Å². The van der Waals surface area contributed by atoms with Gasteiger partial charge in [0.2, 0.25) is 0 Å². The zero-order chi connectivity index (χ0) is 21.2. The van der Waals surface area contributed by atoms with Crippen LogP contribution in [0.2, 0.25) is 0 Å². The van der Waals surface area contributed by atoms with E-state index in [9.17, 15) is 26.4 Å². The average Bonchev–Trinajstić information content (AvgIpc) is 3.13. The third-order valence-corrected chi connectivity index (χ3v) is 5.53. The highest BCUT2D eigenvalue weighted by Gasteiger charge is 2.33. The highest BCUT2D eigenvalue weighted by Crippen LogP contribution is 2.28. The van der Waals surface area contributed by atoms with Gasteiger partial charge in [0.1, 0.15) is 11.5 Å². The lowest BCUT2D eigenvalue weighted by atomic mass is 10.1. The maximum atomic E-state index is 12.7. The van der Waals surface area contributed by atoms with Crippen LogP contribution in [-0.4, -0.2) is 31.7 Å². The van der Waals surface area contributed by atoms with Crippen LogP contribution in [0.3, 0.4) is 0 Å². The molecule has 0 aliphatic carbocycles. The number of benzene rings is 1. The summed E-state index contributed by atoms with van der Waals surface area (Å²) in [4.78, 5) is 19.8. The molecule has 0 fully saturated rings. The Labute approximate surface area is 165 Å². The quantitative estimate of drug-likeness (QED) is 0.784. The summed E-state index contributed by atoms with van der Waals surface area (Å²) in [6, 6.07) is 7.27. The van der Waals surface area contributed by atoms with Crippen molar-refractivity contribution in [1.82, 2.24) is 9.71 Å². The SMILES string of the molecule is Cc1nc(C(F)(F)F)ccc1C(=O)Nc1cccc(S(=O)(=O)NC2=NCCC2)c1. The van der Waals surface area contributed by atoms with Crippen LogP contribution in [0.25, 0.3) is 0 Å². The lowest BCUT2D eigenvalue weighted by molar-refractivity contribution is -0.141. The van der Waals surface area contributed by atoms with Crippen LogP contribution < -0.4 is 10.0 Å². The number of aromatic nitrogens is 1. The van der Waals surface area contributed by atoms with E-state index in [1.54, 1.807) is 0 Å². The van der Waals surface area contributed by atoms with Gasteiger partial charge in [0.15, 0.2) is 0 Å². The van der Waals surface area contributed by atoms with Crippen molar-refractivity contribution in [3.05, 3.63) is 53.3 Å². The van der Waals surface area contributed by atoms with Gasteiger partial charge < -0.3 is 5.32 Å². The van der Waals surface area contributed by atoms with E-state index >= 15 is 0 Å². The van der Waals surface area contributed by atoms with Crippen molar-refractivity contribution < 1.29 is 26.4 Å². The van der Waals surface area contributed by atoms with Gasteiger partial charge >= 0.3 is 6.18 Å². The predicted octanol–water partition coefficient (Wildman–Crippen LogP) is 3.13. The topological polar surface area (TPSA) is 101 Å². The Balaban J connectivity index is 1.79. The van der Waals surface area contributed by atoms with E-state index in [2.05, 4.69) is 20.0 Å². The molecule has 7 nitrogen and oxygen atoms in total. The van der Waals surface area contributed by atoms with Crippen molar-refractivity contribution in [2.24, 2.45) is 4.99 Å². The van der Waals surface area contributed by atoms with Gasteiger partial charge in [0.05, 0.1) is 16.2 Å². The number of alkyl halides is 3. The lowest BCUT2D eigenvalue weighted by Gasteiger charge is -2.12. The Bertz CT molecular complexity index is 1080. The van der Waals surface area contributed by atoms with Crippen molar-refractivity contribution >= 4 is 27.5 Å². The van der Waals surface area contributed by atoms with Crippen molar-refractivity contribution in [2.75, 3.05) is 11.9 Å². The van der Waals surface area contributed by atoms with E-state index < -0.39 is 27.8 Å². The number of aliphatic imine (C=N–C) groups is 1. The molecule has 2 aromatic rings. The molecule has 1 aliphatic rings. The Morgan fingerprint density at radius 1 is 1.17 bits per heavy atom. The second kappa shape index (κ2) is 7.82. The number of sulfonamides is 1. The number of nitrogens with zero attached hydrogens (tertiary/aromatic N) is 2. The molecule has 1 aromatic carbocycles. The van der Waals surface area contributed by atoms with Gasteiger partial charge in [-0.25, -0.2) is 13.4 Å². The number of rotatable bonds is 4. The molecule has 2 N–H and O–H groups in total. The number of amidine groups is 1. The van der Waals surface area contributed by atoms with Crippen LogP contribution >= 0.6 is 0 Å². The molecule has 0 bridgehead atoms. The Morgan fingerprint density at radius 3 is 2.55 bits per heavy atom. The molecule has 1 aliphatic heterocycles. The van der Waals surface area contributed by atoms with Crippen LogP contribution in [0.1, 0.15) is 34.6 Å². The maximum absolute atomic E-state index is 12.7. The maximum Gasteiger partial charge on any atom is 0.433 e. The molecule has 0 saturated carbocycles. The molecule has 154 valence electrons. The highest BCUT2D eigenvalue weighted by molar-refractivity contribution is 7.90. The van der Waals surface area contributed by atoms with Gasteiger partial charge in [-0.3, -0.25) is 14.5 Å². The first-order valence-electron chi connectivity index (χ1n) is 8.59. The van der Waals surface area contributed by atoms with Crippen LogP contribution in [-0.2, 0) is 16.2 Å². The fourth-order valence-electron chi connectivity index (χ4n) is 2.74. The molecular formula is C18H17F3N4O3S. The summed E-state index contributed by atoms with van der Waals surface area (Å²) in [6.07, 6.45) is -3.30. The summed E-state index contributed by atoms with van der Waals surface area (Å²) in [5.74, 6) is -0.322. The lowest BCUT2D eigenvalue weighted by Crippen LogP contribution is -2.29. The number of pyridine rings is 1. The second-order valence-electron chi connectivity index (χ2n) is 6.35. The van der Waals surface area contributed by atoms with Crippen molar-refractivity contribution in [3.8, 4) is 0 Å². The standard InChI is InChI=1S/C18H17F3N4O3S/c1-11-14(7-8-15(23-11)18(19,20)21)17(26)24-12-4-2-5-13(10-12)29(27,28)25-16-6-3-9-22-16/h2,4-5,7-8,10H,3,6,9H2,1H3,(H,22,25)(H,24,26). The number of halogens is 3. The number of aryl methyl sites for hydroxylation is 1. The number of hydrogen-bond acceptors (Lipinski definition) is 5. The van der Waals surface area contributed by atoms with Crippen LogP contribution in [0, 0.1) is 6.92 Å². The van der Waals surface area contributed by atoms with E-state index in [4.69, 9.17) is 0 Å². The first-order chi connectivity index (χ1) is 13.6. The number of hydrogen-bond donors (Lipinski definition) is 2. The number of anilines is 1. The molecule has 2 heterocycles. The van der Waals surface area contributed by atoms with E-state index in [-0.39, 0.29) is 21.8 Å². The molecule has 3 rings (SSSR count). The normalized spacial score (nSPS) is 14.4. The van der Waals surface area contributed by atoms with Crippen molar-refractivity contribution in [2.45, 2.75) is 30.8 Å². The predicted molar refractivity (Wildman–Crippen MR) is 100 cm³/mol. The molecule has 1 amide bonds. The van der Waals surface area contributed by atoms with Crippen LogP contribution in [0.4, 0.5) is 18.9 Å². The minimum atomic E-state index is -4.61. The third kappa shape index (κ3) is 4.91. The monoisotopic (exact) mass is 426 g/mol. The molecule has 0 spiro atoms. The number of carbonyl (C=O) groups excluding carboxylic acids is 1. The Hall–Kier alpha value is -2.95. The van der Waals surface area contributed by atoms with Gasteiger partial charge in [-0.1, -0.05) is 6.07 Å². The van der Waals surface area contributed by atoms with Crippen molar-refractivity contribution in [3.63, 3.8) is 0 Å². The zero-order valence-corrected chi connectivity index (χ0v) is 16.1. The second-order valence-corrected chi connectivity index (χ2v) is 8.03. The first kappa shape index (κ1) is 20.8. The fraction of sp³-hybridized carbons (Fsp3) is 0.278. The summed E-state index contributed by atoms with van der Waals surface area (Å²) in [7, 11) is -3.87. The zero-order valence-electron chi connectivity index (χ0n) is 15.2. The minimum Gasteiger partial charge on any atom is -0.322 e. The van der Waals surface area contributed by atoms with E-state index in [0.717, 1.165) is 18.6 Å². The number of nitrogens with one attached hydrogen (secondary N) is 2. The first-order valence-corrected chi connectivity index (χ1v) is 10.1. The van der Waals surface area contributed by atoms with Gasteiger partial charge in [-0.15, -0.1) is 0 Å². The summed E-state index contributed by atoms with van der Waals surface area (Å²) in [5, 5.41) is 2.48. The van der Waals surface area contributed by atoms with E-state index in [0.29, 0.717) is 18.8 Å². The molecular weight excluding hydrogens is 409 g/mol. The molecule has 0 saturated heterocycles. The van der Waals surface area contributed by atoms with Gasteiger partial charge in [0, 0.05) is 18.7 Å². The average molecular weight is 426 g/mol. The molecule has 11 heteroatoms. The van der Waals surface area contributed by atoms with Crippen molar-refractivity contribution in [1.29, 1.82) is 0 Å². The van der Waals surface area contributed by atoms with E-state index in [1.807, 2.05) is 0 Å². The highest BCUT2D eigenvalue weighted by atomic mass is 32.2. The third-order valence-electron chi connectivity index (χ3n) is 4.15. The van der Waals surface area contributed by atoms with Gasteiger partial charge in [-0.05, 0) is 43.7 Å². The molecule has 1 aromatic heterocycles. The summed E-state index contributed by atoms with van der Waals surface area (Å²) >= 11 is 0. The summed E-state index contributed by atoms with van der Waals surface area (Å²) < 4.78 is 65.5. The molecule has 0 radical (unpaired) electrons. The molecule has 0 unspecified atom stereocenters. The smallest absolute Gasteiger partial charge is 0.322 e. The van der Waals surface area contributed by atoms with Crippen LogP contribution in [0.15, 0.2) is 46.3 Å². The van der Waals surface area contributed by atoms with Crippen LogP contribution in [0.5, 0.6) is 0 Å². The summed E-state index contributed by atoms with van der Waals surface area (Å²) in [5.41, 5.74) is -1.07. The fourth-order valence-corrected chi connectivity index (χ4v) is 3.87. The number of amides is 1. The molecule has 0 atom stereocenters. The van der Waals surface area contributed by atoms with E-state index in [1.165, 1.54) is 31.2 Å². The Kier molecular flexibility index (Phi) is 5.60. The Morgan fingerprint density at radius 2 is 1.93 bits per heavy atom. The largest absolute Gasteiger partial charge is 0.433 e. The summed E-state index contributed by atoms with van der Waals surface area (Å²) in [6.45, 7) is 1.85. The molecule has 29 heavy (non-hydrogen) atoms. The van der Waals surface area contributed by atoms with Gasteiger partial charge in [0.25, 0.3) is 15.9 Å². The number of carbonyl (C=O) groups is 1.